The molecule has 4 N–H and O–H groups in total. The summed E-state index contributed by atoms with van der Waals surface area (Å²) in [7, 11) is -8.11. The van der Waals surface area contributed by atoms with Crippen molar-refractivity contribution in [3.05, 3.63) is 80.9 Å². The molecule has 4 saturated carbocycles. The average molecular weight is 1690 g/mol. The standard InChI is InChI=1S/2C40H53ClF3N3O9S/c2*1-22-10-8-9-11-26-19-39(26,35(51)46-57(53,54)38(7)12-13-38)20-31(48)30-17-27(55-36(52)45-33-25(4)15-23(2)16-29(33)41)21-47(30)34(50)28(24(3)14-22)18-32(49)56-37(5,6)40(42,43)44/h2*9,11,15-16,22,24,26-28,30H,8,10,12-14,17-21H2,1-7H3,(H,45,52)(H,46,51)/b2*11-9-/t22-,24+,26+,27+,28-,30-,39+;22-,24-,26-,27-,28+,30+,39-/m01/s1. The topological polar surface area (TPSA) is 330 Å². The Balaban J connectivity index is 0.000000261. The molecule has 632 valence electrons. The van der Waals surface area contributed by atoms with Gasteiger partial charge in [-0.2, -0.15) is 26.3 Å². The number of esters is 2. The molecule has 24 nitrogen and oxygen atoms in total. The van der Waals surface area contributed by atoms with Crippen molar-refractivity contribution in [1.82, 2.24) is 19.2 Å². The number of benzene rings is 2. The maximum Gasteiger partial charge on any atom is 0.427 e. The van der Waals surface area contributed by atoms with Gasteiger partial charge < -0.3 is 28.7 Å². The van der Waals surface area contributed by atoms with E-state index in [1.165, 1.54) is 23.6 Å². The largest absolute Gasteiger partial charge is 0.450 e. The van der Waals surface area contributed by atoms with Crippen LogP contribution >= 0.6 is 23.2 Å². The van der Waals surface area contributed by atoms with Crippen molar-refractivity contribution in [1.29, 1.82) is 0 Å². The van der Waals surface area contributed by atoms with Crippen LogP contribution in [-0.2, 0) is 77.4 Å². The van der Waals surface area contributed by atoms with Gasteiger partial charge in [-0.15, -0.1) is 0 Å². The number of Topliss-reactive ketones (excluding diaryl/α,β-unsaturated/α-hetero) is 2. The van der Waals surface area contributed by atoms with E-state index in [-0.39, 0.29) is 60.7 Å². The van der Waals surface area contributed by atoms with Gasteiger partial charge in [0.2, 0.25) is 54.9 Å². The summed E-state index contributed by atoms with van der Waals surface area (Å²) in [4.78, 5) is 141. The first kappa shape index (κ1) is 90.6. The molecule has 0 aromatic heterocycles. The number of carbonyl (C=O) groups is 10. The Kier molecular flexibility index (Phi) is 27.0. The number of ether oxygens (including phenoxy) is 4. The van der Waals surface area contributed by atoms with Gasteiger partial charge >= 0.3 is 36.5 Å². The monoisotopic (exact) mass is 1690 g/mol. The van der Waals surface area contributed by atoms with Gasteiger partial charge in [0, 0.05) is 25.7 Å². The molecule has 4 heterocycles. The molecule has 114 heavy (non-hydrogen) atoms. The molecule has 2 aromatic carbocycles. The van der Waals surface area contributed by atoms with Crippen molar-refractivity contribution >= 4 is 114 Å². The fourth-order valence-corrected chi connectivity index (χ4v) is 19.4. The smallest absolute Gasteiger partial charge is 0.427 e. The number of halogens is 8. The fraction of sp³-hybridized carbons (Fsp3) is 0.675. The SMILES string of the molecule is Cc1cc(C)c(NC(=O)O[C@@H]2C[C@H]3C(=O)C[C@]4(C(=O)NS(=O)(=O)C5(C)CC5)C[C@H]4/C=C\CC[C@@H](C)C[C@@H](C)[C@H](CC(=O)OC(C)(C)C(F)(F)F)C(=O)N3C2)c(Cl)c1.Cc1cc(C)c(NC(=O)O[C@@H]2C[C@H]3C(=O)C[C@]4(C(=O)NS(=O)(=O)C5(C)CC5)C[C@H]4/C=C\CC[C@H](C)C[C@@H](C)[C@H](CC(=O)OC(C)(C)C(F)(F)F)C(=O)N3C2)c(Cl)c1. The number of hydrogen-bond donors (Lipinski definition) is 4. The van der Waals surface area contributed by atoms with Gasteiger partial charge in [0.05, 0.1) is 91.6 Å². The van der Waals surface area contributed by atoms with Crippen molar-refractivity contribution in [2.45, 2.75) is 270 Å². The molecule has 6 fully saturated rings. The van der Waals surface area contributed by atoms with Crippen LogP contribution in [-0.4, -0.2) is 156 Å². The zero-order valence-electron chi connectivity index (χ0n) is 66.8. The number of sulfonamides is 2. The summed E-state index contributed by atoms with van der Waals surface area (Å²) >= 11 is 12.8. The minimum absolute atomic E-state index is 0.0164. The number of allylic oxidation sites excluding steroid dienone is 4. The number of alkyl halides is 6. The fourth-order valence-electron chi connectivity index (χ4n) is 16.0. The van der Waals surface area contributed by atoms with Crippen LogP contribution in [0.25, 0.3) is 0 Å². The highest BCUT2D eigenvalue weighted by Gasteiger charge is 2.65. The van der Waals surface area contributed by atoms with E-state index in [9.17, 15) is 91.1 Å². The van der Waals surface area contributed by atoms with Crippen molar-refractivity contribution in [2.75, 3.05) is 23.7 Å². The first-order valence-corrected chi connectivity index (χ1v) is 42.5. The average Bonchev–Trinajstić information content (AvgIpc) is 1.57. The van der Waals surface area contributed by atoms with Gasteiger partial charge in [-0.1, -0.05) is 87.3 Å². The Labute approximate surface area is 672 Å². The molecule has 4 aliphatic carbocycles. The molecule has 2 aromatic rings. The van der Waals surface area contributed by atoms with Gasteiger partial charge in [-0.25, -0.2) is 26.4 Å². The van der Waals surface area contributed by atoms with Crippen molar-refractivity contribution < 1.29 is 110 Å². The Hall–Kier alpha value is -7.32. The second-order valence-corrected chi connectivity index (χ2v) is 40.1. The number of amides is 6. The Bertz CT molecular complexity index is 4090. The van der Waals surface area contributed by atoms with Crippen LogP contribution in [0.1, 0.15) is 207 Å². The van der Waals surface area contributed by atoms with E-state index >= 15 is 0 Å². The van der Waals surface area contributed by atoms with Crippen molar-refractivity contribution in [2.24, 2.45) is 58.2 Å². The number of nitrogens with one attached hydrogen (secondary N) is 4. The highest BCUT2D eigenvalue weighted by atomic mass is 35.5. The lowest BCUT2D eigenvalue weighted by Gasteiger charge is -2.33. The minimum atomic E-state index is -4.89. The second-order valence-electron chi connectivity index (χ2n) is 34.9. The Morgan fingerprint density at radius 2 is 0.868 bits per heavy atom. The molecule has 0 radical (unpaired) electrons. The molecule has 14 atom stereocenters. The summed E-state index contributed by atoms with van der Waals surface area (Å²) < 4.78 is 158. The number of aryl methyl sites for hydroxylation is 4. The van der Waals surface area contributed by atoms with E-state index in [4.69, 9.17) is 42.1 Å². The van der Waals surface area contributed by atoms with E-state index in [1.807, 2.05) is 52.0 Å². The maximum atomic E-state index is 14.7. The lowest BCUT2D eigenvalue weighted by atomic mass is 9.82. The summed E-state index contributed by atoms with van der Waals surface area (Å²) in [6, 6.07) is 4.34. The number of carbonyl (C=O) groups excluding carboxylic acids is 10. The number of hydrogen-bond acceptors (Lipinski definition) is 18. The molecule has 4 aliphatic heterocycles. The third kappa shape index (κ3) is 20.8. The third-order valence-corrected chi connectivity index (χ3v) is 29.2. The van der Waals surface area contributed by atoms with Crippen LogP contribution in [0.2, 0.25) is 10.0 Å². The summed E-state index contributed by atoms with van der Waals surface area (Å²) in [5.41, 5.74) is -4.92. The van der Waals surface area contributed by atoms with Gasteiger partial charge in [-0.3, -0.25) is 58.4 Å². The summed E-state index contributed by atoms with van der Waals surface area (Å²) in [6.07, 6.45) is -3.96. The molecule has 2 saturated heterocycles. The van der Waals surface area contributed by atoms with Crippen LogP contribution in [0.15, 0.2) is 48.6 Å². The van der Waals surface area contributed by atoms with Crippen LogP contribution in [0.5, 0.6) is 0 Å². The van der Waals surface area contributed by atoms with E-state index in [1.54, 1.807) is 52.0 Å². The number of anilines is 2. The number of fused-ring (bicyclic) bond motifs is 4. The summed E-state index contributed by atoms with van der Waals surface area (Å²) in [5.74, 6) is -11.3. The van der Waals surface area contributed by atoms with Crippen molar-refractivity contribution in [3.8, 4) is 0 Å². The number of nitrogens with zero attached hydrogens (tertiary/aromatic N) is 2. The lowest BCUT2D eigenvalue weighted by molar-refractivity contribution is -0.257. The quantitative estimate of drug-likeness (QED) is 0.0525. The summed E-state index contributed by atoms with van der Waals surface area (Å²) in [5, 5.41) is 5.76. The van der Waals surface area contributed by atoms with E-state index in [0.717, 1.165) is 11.1 Å². The van der Waals surface area contributed by atoms with Gasteiger partial charge in [0.1, 0.15) is 12.2 Å². The molecule has 0 bridgehead atoms. The van der Waals surface area contributed by atoms with E-state index in [2.05, 4.69) is 20.1 Å². The zero-order chi connectivity index (χ0) is 84.9. The van der Waals surface area contributed by atoms with Gasteiger partial charge in [-0.05, 0) is 216 Å². The lowest BCUT2D eigenvalue weighted by Crippen LogP contribution is -2.48. The van der Waals surface area contributed by atoms with Crippen LogP contribution in [0, 0.1) is 85.9 Å². The molecule has 6 amide bonds. The van der Waals surface area contributed by atoms with Crippen LogP contribution in [0.4, 0.5) is 47.3 Å². The van der Waals surface area contributed by atoms with Crippen LogP contribution < -0.4 is 20.1 Å². The van der Waals surface area contributed by atoms with E-state index in [0.29, 0.717) is 114 Å². The van der Waals surface area contributed by atoms with E-state index < -0.39 is 209 Å². The van der Waals surface area contributed by atoms with Gasteiger partial charge in [0.25, 0.3) is 0 Å². The second kappa shape index (κ2) is 34.0. The molecule has 0 unspecified atom stereocenters. The zero-order valence-corrected chi connectivity index (χ0v) is 69.9. The maximum absolute atomic E-state index is 14.7. The highest BCUT2D eigenvalue weighted by molar-refractivity contribution is 7.92. The molecular weight excluding hydrogens is 1580 g/mol. The third-order valence-electron chi connectivity index (χ3n) is 24.3. The predicted molar refractivity (Wildman–Crippen MR) is 411 cm³/mol. The first-order valence-electron chi connectivity index (χ1n) is 38.8. The molecular formula is C80H106Cl2F6N6O18S2. The summed E-state index contributed by atoms with van der Waals surface area (Å²) in [6.45, 7) is 19.8. The molecule has 34 heteroatoms. The number of rotatable bonds is 16. The highest BCUT2D eigenvalue weighted by Crippen LogP contribution is 2.59. The molecule has 0 spiro atoms. The van der Waals surface area contributed by atoms with Crippen molar-refractivity contribution in [3.63, 3.8) is 0 Å². The van der Waals surface area contributed by atoms with Gasteiger partial charge in [0.15, 0.2) is 11.6 Å². The van der Waals surface area contributed by atoms with Crippen LogP contribution in [0.3, 0.4) is 0 Å². The predicted octanol–water partition coefficient (Wildman–Crippen LogP) is 14.7. The molecule has 10 rings (SSSR count). The normalized spacial score (nSPS) is 29.8. The molecule has 8 aliphatic rings. The Morgan fingerprint density at radius 3 is 1.18 bits per heavy atom. The minimum Gasteiger partial charge on any atom is -0.450 e. The number of ketones is 2. The Morgan fingerprint density at radius 1 is 0.535 bits per heavy atom. The first-order chi connectivity index (χ1) is 52.6.